The summed E-state index contributed by atoms with van der Waals surface area (Å²) in [7, 11) is 0. The Morgan fingerprint density at radius 3 is 1.98 bits per heavy atom. The molecule has 13 heteroatoms. The fourth-order valence-corrected chi connectivity index (χ4v) is 4.84. The molecule has 1 aliphatic heterocycles. The molecule has 2 amide bonds. The predicted molar refractivity (Wildman–Crippen MR) is 152 cm³/mol. The molecule has 240 valence electrons. The summed E-state index contributed by atoms with van der Waals surface area (Å²) in [5.41, 5.74) is 0.805. The Morgan fingerprint density at radius 2 is 1.41 bits per heavy atom. The van der Waals surface area contributed by atoms with Crippen molar-refractivity contribution in [3.8, 4) is 0 Å². The summed E-state index contributed by atoms with van der Waals surface area (Å²) in [5.74, 6) is -5.81. The van der Waals surface area contributed by atoms with E-state index in [1.807, 2.05) is 0 Å². The molecule has 1 aliphatic rings. The predicted octanol–water partition coefficient (Wildman–Crippen LogP) is 6.96. The van der Waals surface area contributed by atoms with Gasteiger partial charge < -0.3 is 15.4 Å². The first-order chi connectivity index (χ1) is 20.4. The van der Waals surface area contributed by atoms with Crippen molar-refractivity contribution in [1.82, 2.24) is 5.32 Å². The number of nitrogens with one attached hydrogen (secondary N) is 2. The average molecular weight is 628 g/mol. The van der Waals surface area contributed by atoms with E-state index in [9.17, 15) is 40.7 Å². The second kappa shape index (κ2) is 14.3. The zero-order valence-corrected chi connectivity index (χ0v) is 24.5. The molecule has 2 aromatic carbocycles. The number of alkyl halides is 6. The minimum absolute atomic E-state index is 0.340. The minimum atomic E-state index is -4.57. The summed E-state index contributed by atoms with van der Waals surface area (Å²) in [5, 5.41) is 5.13. The van der Waals surface area contributed by atoms with Gasteiger partial charge >= 0.3 is 18.3 Å². The van der Waals surface area contributed by atoms with E-state index in [0.717, 1.165) is 0 Å². The number of nitrogens with zero attached hydrogens (tertiary/aromatic N) is 1. The summed E-state index contributed by atoms with van der Waals surface area (Å²) in [6, 6.07) is 15.5. The molecule has 0 bridgehead atoms. The standard InChI is InChI=1S/C31H35F6N3O4/c1-29(2,3)44-28(43)21(15-10-18-31(35,36)37)20(14-9-17-30(32,33)34)26(41)40-25-27(42)38-23-16-8-7-13-22(23)24(39-25)19-11-5-4-6-12-19/h4-8,11-13,16,20-21,25H,9-10,14-15,17-18H2,1-3H3,(H,38,42)(H,40,41)/t20-,21-,25-/m1/s1. The van der Waals surface area contributed by atoms with E-state index in [4.69, 9.17) is 4.74 Å². The van der Waals surface area contributed by atoms with Gasteiger partial charge in [-0.1, -0.05) is 48.5 Å². The number of hydrogen-bond acceptors (Lipinski definition) is 5. The van der Waals surface area contributed by atoms with Gasteiger partial charge in [-0.05, 0) is 52.5 Å². The number of ether oxygens (including phenoxy) is 1. The SMILES string of the molecule is CC(C)(C)OC(=O)[C@H](CCCC(F)(F)F)[C@@H](CCCC(F)(F)F)C(=O)N[C@H]1N=C(c2ccccc2)c2ccccc2NC1=O. The third-order valence-corrected chi connectivity index (χ3v) is 6.76. The normalized spacial score (nSPS) is 17.0. The monoisotopic (exact) mass is 627 g/mol. The van der Waals surface area contributed by atoms with E-state index >= 15 is 0 Å². The molecule has 1 heterocycles. The van der Waals surface area contributed by atoms with E-state index in [1.54, 1.807) is 54.6 Å². The van der Waals surface area contributed by atoms with Crippen LogP contribution in [0.2, 0.25) is 0 Å². The van der Waals surface area contributed by atoms with E-state index in [0.29, 0.717) is 22.5 Å². The number of aliphatic imine (C=N–C) groups is 1. The number of benzodiazepines with no additional fused rings is 1. The summed E-state index contributed by atoms with van der Waals surface area (Å²) in [4.78, 5) is 44.7. The summed E-state index contributed by atoms with van der Waals surface area (Å²) >= 11 is 0. The first-order valence-corrected chi connectivity index (χ1v) is 14.1. The van der Waals surface area contributed by atoms with Crippen LogP contribution in [0, 0.1) is 11.8 Å². The number of esters is 1. The molecule has 3 atom stereocenters. The quantitative estimate of drug-likeness (QED) is 0.208. The second-order valence-electron chi connectivity index (χ2n) is 11.6. The van der Waals surface area contributed by atoms with Crippen molar-refractivity contribution in [3.05, 3.63) is 65.7 Å². The van der Waals surface area contributed by atoms with Crippen molar-refractivity contribution >= 4 is 29.2 Å². The number of benzene rings is 2. The number of para-hydroxylation sites is 1. The van der Waals surface area contributed by atoms with Gasteiger partial charge in [0.2, 0.25) is 12.1 Å². The van der Waals surface area contributed by atoms with Crippen molar-refractivity contribution in [1.29, 1.82) is 0 Å². The lowest BCUT2D eigenvalue weighted by atomic mass is 9.83. The Balaban J connectivity index is 1.99. The molecule has 0 spiro atoms. The summed E-state index contributed by atoms with van der Waals surface area (Å²) in [6.45, 7) is 4.55. The maximum absolute atomic E-state index is 13.7. The topological polar surface area (TPSA) is 96.9 Å². The molecule has 2 aromatic rings. The molecule has 3 rings (SSSR count). The van der Waals surface area contributed by atoms with Crippen LogP contribution in [0.5, 0.6) is 0 Å². The Kier molecular flexibility index (Phi) is 11.2. The number of anilines is 1. The van der Waals surface area contributed by atoms with E-state index in [1.165, 1.54) is 20.8 Å². The lowest BCUT2D eigenvalue weighted by Gasteiger charge is -2.29. The van der Waals surface area contributed by atoms with Gasteiger partial charge in [0.1, 0.15) is 5.60 Å². The Labute approximate surface area is 251 Å². The number of carbonyl (C=O) groups is 3. The molecule has 0 unspecified atom stereocenters. The van der Waals surface area contributed by atoms with E-state index in [2.05, 4.69) is 15.6 Å². The third-order valence-electron chi connectivity index (χ3n) is 6.76. The van der Waals surface area contributed by atoms with Crippen LogP contribution in [0.1, 0.15) is 70.4 Å². The Bertz CT molecular complexity index is 1340. The number of hydrogen-bond donors (Lipinski definition) is 2. The van der Waals surface area contributed by atoms with Crippen LogP contribution in [0.25, 0.3) is 0 Å². The van der Waals surface area contributed by atoms with Crippen LogP contribution < -0.4 is 10.6 Å². The van der Waals surface area contributed by atoms with Gasteiger partial charge in [0, 0.05) is 24.0 Å². The molecule has 0 aromatic heterocycles. The molecule has 7 nitrogen and oxygen atoms in total. The first-order valence-electron chi connectivity index (χ1n) is 14.1. The number of carbonyl (C=O) groups excluding carboxylic acids is 3. The van der Waals surface area contributed by atoms with Crippen LogP contribution in [-0.2, 0) is 19.1 Å². The van der Waals surface area contributed by atoms with Crippen LogP contribution in [-0.4, -0.2) is 47.6 Å². The molecule has 0 radical (unpaired) electrons. The van der Waals surface area contributed by atoms with Crippen molar-refractivity contribution in [2.24, 2.45) is 16.8 Å². The van der Waals surface area contributed by atoms with Gasteiger partial charge in [0.15, 0.2) is 0 Å². The number of rotatable bonds is 11. The van der Waals surface area contributed by atoms with Crippen LogP contribution in [0.15, 0.2) is 59.6 Å². The highest BCUT2D eigenvalue weighted by molar-refractivity contribution is 6.19. The van der Waals surface area contributed by atoms with Crippen molar-refractivity contribution in [3.63, 3.8) is 0 Å². The van der Waals surface area contributed by atoms with Gasteiger partial charge in [-0.15, -0.1) is 0 Å². The first kappa shape index (κ1) is 34.6. The molecular weight excluding hydrogens is 592 g/mol. The maximum atomic E-state index is 13.7. The Hall–Kier alpha value is -3.90. The highest BCUT2D eigenvalue weighted by Gasteiger charge is 2.40. The molecular formula is C31H35F6N3O4. The fraction of sp³-hybridized carbons (Fsp3) is 0.484. The molecule has 44 heavy (non-hydrogen) atoms. The Morgan fingerprint density at radius 1 is 0.864 bits per heavy atom. The lowest BCUT2D eigenvalue weighted by Crippen LogP contribution is -2.48. The third kappa shape index (κ3) is 10.7. The van der Waals surface area contributed by atoms with Gasteiger partial charge in [-0.25, -0.2) is 4.99 Å². The van der Waals surface area contributed by atoms with Gasteiger partial charge in [-0.2, -0.15) is 26.3 Å². The van der Waals surface area contributed by atoms with Gasteiger partial charge in [0.05, 0.1) is 23.2 Å². The summed E-state index contributed by atoms with van der Waals surface area (Å²) in [6.07, 6.45) is -15.3. The largest absolute Gasteiger partial charge is 0.460 e. The van der Waals surface area contributed by atoms with Crippen LogP contribution in [0.4, 0.5) is 32.0 Å². The van der Waals surface area contributed by atoms with Crippen molar-refractivity contribution in [2.75, 3.05) is 5.32 Å². The summed E-state index contributed by atoms with van der Waals surface area (Å²) < 4.78 is 83.4. The average Bonchev–Trinajstić information content (AvgIpc) is 3.04. The van der Waals surface area contributed by atoms with Gasteiger partial charge in [0.25, 0.3) is 5.91 Å². The number of fused-ring (bicyclic) bond motifs is 1. The second-order valence-corrected chi connectivity index (χ2v) is 11.6. The van der Waals surface area contributed by atoms with E-state index in [-0.39, 0.29) is 0 Å². The van der Waals surface area contributed by atoms with Crippen LogP contribution >= 0.6 is 0 Å². The maximum Gasteiger partial charge on any atom is 0.389 e. The van der Waals surface area contributed by atoms with Gasteiger partial charge in [-0.3, -0.25) is 14.4 Å². The smallest absolute Gasteiger partial charge is 0.389 e. The zero-order chi connectivity index (χ0) is 32.7. The highest BCUT2D eigenvalue weighted by atomic mass is 19.4. The molecule has 2 N–H and O–H groups in total. The lowest BCUT2D eigenvalue weighted by molar-refractivity contribution is -0.166. The number of amides is 2. The fourth-order valence-electron chi connectivity index (χ4n) is 4.84. The molecule has 0 saturated heterocycles. The van der Waals surface area contributed by atoms with E-state index < -0.39 is 92.3 Å². The molecule has 0 saturated carbocycles. The molecule has 0 aliphatic carbocycles. The number of halogens is 6. The zero-order valence-electron chi connectivity index (χ0n) is 24.5. The highest BCUT2D eigenvalue weighted by Crippen LogP contribution is 2.33. The van der Waals surface area contributed by atoms with Crippen molar-refractivity contribution < 1.29 is 45.5 Å². The van der Waals surface area contributed by atoms with Crippen molar-refractivity contribution in [2.45, 2.75) is 83.4 Å². The van der Waals surface area contributed by atoms with Crippen LogP contribution in [0.3, 0.4) is 0 Å². The minimum Gasteiger partial charge on any atom is -0.460 e. The molecule has 0 fully saturated rings.